The summed E-state index contributed by atoms with van der Waals surface area (Å²) >= 11 is 0. The fourth-order valence-corrected chi connectivity index (χ4v) is 4.53. The lowest BCUT2D eigenvalue weighted by Gasteiger charge is -2.25. The highest BCUT2D eigenvalue weighted by molar-refractivity contribution is 5.99. The van der Waals surface area contributed by atoms with Gasteiger partial charge in [0.15, 0.2) is 5.43 Å². The van der Waals surface area contributed by atoms with E-state index in [0.717, 1.165) is 35.3 Å². The smallest absolute Gasteiger partial charge is 0.291 e. The van der Waals surface area contributed by atoms with E-state index in [1.165, 1.54) is 0 Å². The molecule has 1 aliphatic rings. The largest absolute Gasteiger partial charge is 0.494 e. The number of benzene rings is 3. The van der Waals surface area contributed by atoms with Crippen molar-refractivity contribution in [3.8, 4) is 5.75 Å². The van der Waals surface area contributed by atoms with Crippen LogP contribution in [0.4, 0.5) is 0 Å². The summed E-state index contributed by atoms with van der Waals surface area (Å²) in [5, 5.41) is 0.494. The predicted octanol–water partition coefficient (Wildman–Crippen LogP) is 6.03. The van der Waals surface area contributed by atoms with Crippen LogP contribution in [0.2, 0.25) is 0 Å². The number of unbranched alkanes of at least 4 members (excludes halogenated alkanes) is 1. The number of fused-ring (bicyclic) bond motifs is 2. The Hall–Kier alpha value is -3.86. The van der Waals surface area contributed by atoms with Crippen LogP contribution in [0, 0.1) is 6.92 Å². The normalized spacial score (nSPS) is 15.1. The van der Waals surface area contributed by atoms with Gasteiger partial charge in [-0.25, -0.2) is 0 Å². The van der Waals surface area contributed by atoms with E-state index < -0.39 is 6.04 Å². The zero-order chi connectivity index (χ0) is 23.7. The second-order valence-corrected chi connectivity index (χ2v) is 8.77. The van der Waals surface area contributed by atoms with Gasteiger partial charge in [0.1, 0.15) is 11.3 Å². The average molecular weight is 454 g/mol. The molecule has 5 nitrogen and oxygen atoms in total. The number of rotatable bonds is 7. The minimum atomic E-state index is -0.557. The number of hydrogen-bond acceptors (Lipinski definition) is 4. The summed E-state index contributed by atoms with van der Waals surface area (Å²) in [4.78, 5) is 29.1. The van der Waals surface area contributed by atoms with Gasteiger partial charge >= 0.3 is 0 Å². The van der Waals surface area contributed by atoms with Crippen molar-refractivity contribution >= 4 is 16.9 Å². The molecule has 0 fully saturated rings. The topological polar surface area (TPSA) is 59.8 Å². The molecule has 1 aliphatic heterocycles. The molecule has 5 rings (SSSR count). The molecule has 0 saturated heterocycles. The van der Waals surface area contributed by atoms with Gasteiger partial charge < -0.3 is 14.1 Å². The second-order valence-electron chi connectivity index (χ2n) is 8.77. The minimum Gasteiger partial charge on any atom is -0.494 e. The molecule has 1 unspecified atom stereocenters. The average Bonchev–Trinajstić information content (AvgIpc) is 3.12. The number of nitrogens with zero attached hydrogens (tertiary/aromatic N) is 1. The lowest BCUT2D eigenvalue weighted by Crippen LogP contribution is -2.29. The summed E-state index contributed by atoms with van der Waals surface area (Å²) in [7, 11) is 0. The molecule has 2 heterocycles. The van der Waals surface area contributed by atoms with Crippen LogP contribution in [0.25, 0.3) is 11.0 Å². The first kappa shape index (κ1) is 22.0. The van der Waals surface area contributed by atoms with Crippen molar-refractivity contribution < 1.29 is 13.9 Å². The number of carbonyl (C=O) groups is 1. The molecule has 5 heteroatoms. The third kappa shape index (κ3) is 3.98. The number of carbonyl (C=O) groups excluding carboxylic acids is 1. The third-order valence-electron chi connectivity index (χ3n) is 6.26. The standard InChI is InChI=1S/C29H27NO4/c1-3-4-15-33-22-12-8-11-21(17-22)26-25-27(31)23-16-19(2)13-14-24(23)34-28(25)29(32)30(26)18-20-9-6-5-7-10-20/h5-14,16-17,26H,3-4,15,18H2,1-2H3. The van der Waals surface area contributed by atoms with Crippen molar-refractivity contribution in [1.82, 2.24) is 4.90 Å². The lowest BCUT2D eigenvalue weighted by atomic mass is 9.97. The molecule has 3 aromatic carbocycles. The van der Waals surface area contributed by atoms with Gasteiger partial charge in [0, 0.05) is 6.54 Å². The first-order chi connectivity index (χ1) is 16.6. The first-order valence-corrected chi connectivity index (χ1v) is 11.7. The van der Waals surface area contributed by atoms with E-state index in [9.17, 15) is 9.59 Å². The Morgan fingerprint density at radius 3 is 2.59 bits per heavy atom. The molecule has 0 bridgehead atoms. The Morgan fingerprint density at radius 2 is 1.79 bits per heavy atom. The van der Waals surface area contributed by atoms with Crippen LogP contribution in [0.1, 0.15) is 58.6 Å². The zero-order valence-electron chi connectivity index (χ0n) is 19.4. The van der Waals surface area contributed by atoms with Crippen LogP contribution in [0.5, 0.6) is 5.75 Å². The maximum atomic E-state index is 13.7. The summed E-state index contributed by atoms with van der Waals surface area (Å²) in [6.45, 7) is 5.05. The van der Waals surface area contributed by atoms with Gasteiger partial charge in [-0.3, -0.25) is 9.59 Å². The highest BCUT2D eigenvalue weighted by atomic mass is 16.5. The molecule has 1 atom stereocenters. The van der Waals surface area contributed by atoms with Crippen LogP contribution in [0.15, 0.2) is 82.0 Å². The highest BCUT2D eigenvalue weighted by Gasteiger charge is 2.42. The van der Waals surface area contributed by atoms with Gasteiger partial charge in [-0.1, -0.05) is 67.4 Å². The molecular weight excluding hydrogens is 426 g/mol. The second kappa shape index (κ2) is 9.18. The molecule has 0 aliphatic carbocycles. The van der Waals surface area contributed by atoms with Crippen molar-refractivity contribution in [2.75, 3.05) is 6.61 Å². The van der Waals surface area contributed by atoms with Crippen LogP contribution in [-0.2, 0) is 6.54 Å². The SMILES string of the molecule is CCCCOc1cccc(C2c3c(oc4ccc(C)cc4c3=O)C(=O)N2Cc2ccccc2)c1. The molecule has 0 saturated carbocycles. The molecule has 0 radical (unpaired) electrons. The number of aryl methyl sites for hydroxylation is 1. The summed E-state index contributed by atoms with van der Waals surface area (Å²) in [6.07, 6.45) is 2.01. The molecule has 172 valence electrons. The van der Waals surface area contributed by atoms with E-state index in [1.807, 2.05) is 73.7 Å². The van der Waals surface area contributed by atoms with Crippen LogP contribution in [0.3, 0.4) is 0 Å². The van der Waals surface area contributed by atoms with Crippen molar-refractivity contribution in [3.63, 3.8) is 0 Å². The van der Waals surface area contributed by atoms with Gasteiger partial charge in [0.25, 0.3) is 5.91 Å². The number of ether oxygens (including phenoxy) is 1. The Bertz CT molecular complexity index is 1410. The van der Waals surface area contributed by atoms with Gasteiger partial charge in [-0.15, -0.1) is 0 Å². The monoisotopic (exact) mass is 453 g/mol. The molecule has 1 aromatic heterocycles. The first-order valence-electron chi connectivity index (χ1n) is 11.7. The van der Waals surface area contributed by atoms with Crippen molar-refractivity contribution in [2.24, 2.45) is 0 Å². The van der Waals surface area contributed by atoms with E-state index >= 15 is 0 Å². The van der Waals surface area contributed by atoms with E-state index in [2.05, 4.69) is 6.92 Å². The van der Waals surface area contributed by atoms with E-state index in [-0.39, 0.29) is 17.1 Å². The van der Waals surface area contributed by atoms with E-state index in [4.69, 9.17) is 9.15 Å². The predicted molar refractivity (Wildman–Crippen MR) is 132 cm³/mol. The molecule has 4 aromatic rings. The van der Waals surface area contributed by atoms with Gasteiger partial charge in [0.05, 0.1) is 23.6 Å². The Labute approximate surface area is 198 Å². The molecule has 0 spiro atoms. The van der Waals surface area contributed by atoms with Crippen LogP contribution >= 0.6 is 0 Å². The maximum Gasteiger partial charge on any atom is 0.291 e. The Kier molecular flexibility index (Phi) is 5.93. The van der Waals surface area contributed by atoms with Gasteiger partial charge in [-0.2, -0.15) is 0 Å². The van der Waals surface area contributed by atoms with Gasteiger partial charge in [-0.05, 0) is 48.7 Å². The van der Waals surface area contributed by atoms with Gasteiger partial charge in [0.2, 0.25) is 5.76 Å². The fraction of sp³-hybridized carbons (Fsp3) is 0.241. The summed E-state index contributed by atoms with van der Waals surface area (Å²) in [6, 6.07) is 22.4. The third-order valence-corrected chi connectivity index (χ3v) is 6.26. The number of hydrogen-bond donors (Lipinski definition) is 0. The summed E-state index contributed by atoms with van der Waals surface area (Å²) in [5.41, 5.74) is 3.44. The van der Waals surface area contributed by atoms with E-state index in [1.54, 1.807) is 11.0 Å². The molecular formula is C29H27NO4. The van der Waals surface area contributed by atoms with Crippen molar-refractivity contribution in [1.29, 1.82) is 0 Å². The number of amides is 1. The summed E-state index contributed by atoms with van der Waals surface area (Å²) < 4.78 is 12.0. The fourth-order valence-electron chi connectivity index (χ4n) is 4.53. The Balaban J connectivity index is 1.66. The quantitative estimate of drug-likeness (QED) is 0.321. The summed E-state index contributed by atoms with van der Waals surface area (Å²) in [5.74, 6) is 0.577. The lowest BCUT2D eigenvalue weighted by molar-refractivity contribution is 0.0714. The molecule has 0 N–H and O–H groups in total. The van der Waals surface area contributed by atoms with Crippen LogP contribution in [-0.4, -0.2) is 17.4 Å². The van der Waals surface area contributed by atoms with E-state index in [0.29, 0.717) is 29.7 Å². The minimum absolute atomic E-state index is 0.125. The van der Waals surface area contributed by atoms with Crippen LogP contribution < -0.4 is 10.2 Å². The van der Waals surface area contributed by atoms with Crippen molar-refractivity contribution in [2.45, 2.75) is 39.3 Å². The maximum absolute atomic E-state index is 13.7. The van der Waals surface area contributed by atoms with Crippen molar-refractivity contribution in [3.05, 3.63) is 111 Å². The highest BCUT2D eigenvalue weighted by Crippen LogP contribution is 2.40. The Morgan fingerprint density at radius 1 is 0.971 bits per heavy atom. The zero-order valence-corrected chi connectivity index (χ0v) is 19.4. The molecule has 1 amide bonds. The molecule has 34 heavy (non-hydrogen) atoms.